The maximum absolute atomic E-state index is 10.1. The minimum atomic E-state index is -0.351. The summed E-state index contributed by atoms with van der Waals surface area (Å²) in [5.41, 5.74) is -0.351. The Hall–Kier alpha value is -0.0800. The van der Waals surface area contributed by atoms with Crippen molar-refractivity contribution in [3.05, 3.63) is 0 Å². The largest absolute Gasteiger partial charge is 0.390 e. The molecule has 0 aromatic carbocycles. The maximum Gasteiger partial charge on any atom is 0.0698 e. The van der Waals surface area contributed by atoms with E-state index in [4.69, 9.17) is 4.74 Å². The molecule has 0 aromatic heterocycles. The molecule has 64 valence electrons. The first-order chi connectivity index (χ1) is 5.31. The fourth-order valence-electron chi connectivity index (χ4n) is 1.99. The molecule has 1 N–H and O–H groups in total. The first-order valence-electron chi connectivity index (χ1n) is 4.61. The first-order valence-corrected chi connectivity index (χ1v) is 4.61. The van der Waals surface area contributed by atoms with E-state index in [1.807, 2.05) is 0 Å². The van der Waals surface area contributed by atoms with Gasteiger partial charge in [0.1, 0.15) is 0 Å². The first kappa shape index (κ1) is 7.56. The molecule has 1 saturated carbocycles. The van der Waals surface area contributed by atoms with Crippen molar-refractivity contribution in [3.8, 4) is 0 Å². The van der Waals surface area contributed by atoms with Gasteiger partial charge in [0.05, 0.1) is 5.60 Å². The molecule has 1 saturated heterocycles. The van der Waals surface area contributed by atoms with E-state index in [0.717, 1.165) is 32.5 Å². The van der Waals surface area contributed by atoms with Crippen molar-refractivity contribution in [2.75, 3.05) is 13.2 Å². The van der Waals surface area contributed by atoms with Crippen LogP contribution in [0.15, 0.2) is 0 Å². The Morgan fingerprint density at radius 1 is 1.18 bits per heavy atom. The summed E-state index contributed by atoms with van der Waals surface area (Å²) in [6.45, 7) is 1.60. The Bertz CT molecular complexity index is 132. The molecule has 0 radical (unpaired) electrons. The summed E-state index contributed by atoms with van der Waals surface area (Å²) in [6, 6.07) is 0. The van der Waals surface area contributed by atoms with Crippen LogP contribution in [0, 0.1) is 5.92 Å². The second-order valence-corrected chi connectivity index (χ2v) is 3.84. The predicted molar refractivity (Wildman–Crippen MR) is 42.3 cm³/mol. The van der Waals surface area contributed by atoms with Gasteiger partial charge in [-0.1, -0.05) is 0 Å². The fraction of sp³-hybridized carbons (Fsp3) is 1.00. The van der Waals surface area contributed by atoms with Crippen LogP contribution >= 0.6 is 0 Å². The molecule has 0 aromatic rings. The smallest absolute Gasteiger partial charge is 0.0698 e. The predicted octanol–water partition coefficient (Wildman–Crippen LogP) is 1.33. The van der Waals surface area contributed by atoms with Gasteiger partial charge in [-0.2, -0.15) is 0 Å². The van der Waals surface area contributed by atoms with Crippen molar-refractivity contribution in [2.24, 2.45) is 5.92 Å². The molecule has 0 spiro atoms. The highest BCUT2D eigenvalue weighted by Crippen LogP contribution is 2.44. The van der Waals surface area contributed by atoms with E-state index >= 15 is 0 Å². The standard InChI is InChI=1S/C9H16O2/c10-9(8-2-3-8)4-1-6-11-7-5-9/h8,10H,1-7H2. The Morgan fingerprint density at radius 2 is 2.00 bits per heavy atom. The molecular formula is C9H16O2. The minimum absolute atomic E-state index is 0.351. The second kappa shape index (κ2) is 2.76. The Labute approximate surface area is 67.6 Å². The van der Waals surface area contributed by atoms with Crippen molar-refractivity contribution in [2.45, 2.75) is 37.7 Å². The van der Waals surface area contributed by atoms with E-state index < -0.39 is 0 Å². The summed E-state index contributed by atoms with van der Waals surface area (Å²) in [6.07, 6.45) is 5.31. The van der Waals surface area contributed by atoms with Gasteiger partial charge in [-0.05, 0) is 38.0 Å². The summed E-state index contributed by atoms with van der Waals surface area (Å²) < 4.78 is 5.31. The van der Waals surface area contributed by atoms with Crippen molar-refractivity contribution in [3.63, 3.8) is 0 Å². The Morgan fingerprint density at radius 3 is 2.73 bits per heavy atom. The molecular weight excluding hydrogens is 140 g/mol. The topological polar surface area (TPSA) is 29.5 Å². The van der Waals surface area contributed by atoms with Crippen molar-refractivity contribution in [1.29, 1.82) is 0 Å². The Balaban J connectivity index is 1.96. The quantitative estimate of drug-likeness (QED) is 0.620. The number of ether oxygens (including phenoxy) is 1. The maximum atomic E-state index is 10.1. The molecule has 1 atom stereocenters. The van der Waals surface area contributed by atoms with Gasteiger partial charge in [0.2, 0.25) is 0 Å². The lowest BCUT2D eigenvalue weighted by Crippen LogP contribution is -2.31. The molecule has 1 aliphatic heterocycles. The van der Waals surface area contributed by atoms with Gasteiger partial charge in [-0.3, -0.25) is 0 Å². The zero-order chi connectivity index (χ0) is 7.73. The molecule has 2 nitrogen and oxygen atoms in total. The molecule has 1 heterocycles. The number of hydrogen-bond acceptors (Lipinski definition) is 2. The van der Waals surface area contributed by atoms with Crippen molar-refractivity contribution < 1.29 is 9.84 Å². The molecule has 2 aliphatic rings. The van der Waals surface area contributed by atoms with Crippen molar-refractivity contribution >= 4 is 0 Å². The van der Waals surface area contributed by atoms with Gasteiger partial charge in [0.25, 0.3) is 0 Å². The SMILES string of the molecule is OC1(C2CC2)CCCOCC1. The van der Waals surface area contributed by atoms with E-state index in [1.165, 1.54) is 12.8 Å². The van der Waals surface area contributed by atoms with Gasteiger partial charge in [-0.25, -0.2) is 0 Å². The highest BCUT2D eigenvalue weighted by Gasteiger charge is 2.43. The monoisotopic (exact) mass is 156 g/mol. The van der Waals surface area contributed by atoms with E-state index in [-0.39, 0.29) is 5.60 Å². The molecule has 0 bridgehead atoms. The van der Waals surface area contributed by atoms with Crippen LogP contribution in [0.2, 0.25) is 0 Å². The highest BCUT2D eigenvalue weighted by atomic mass is 16.5. The van der Waals surface area contributed by atoms with Crippen LogP contribution in [0.3, 0.4) is 0 Å². The summed E-state index contributed by atoms with van der Waals surface area (Å²) in [7, 11) is 0. The third-order valence-corrected chi connectivity index (χ3v) is 2.91. The van der Waals surface area contributed by atoms with Crippen LogP contribution in [0.5, 0.6) is 0 Å². The van der Waals surface area contributed by atoms with Gasteiger partial charge in [-0.15, -0.1) is 0 Å². The number of hydrogen-bond donors (Lipinski definition) is 1. The molecule has 11 heavy (non-hydrogen) atoms. The highest BCUT2D eigenvalue weighted by molar-refractivity contribution is 4.94. The molecule has 2 fully saturated rings. The van der Waals surface area contributed by atoms with Crippen LogP contribution < -0.4 is 0 Å². The summed E-state index contributed by atoms with van der Waals surface area (Å²) in [5.74, 6) is 0.601. The zero-order valence-electron chi connectivity index (χ0n) is 6.88. The lowest BCUT2D eigenvalue weighted by atomic mass is 9.90. The lowest BCUT2D eigenvalue weighted by molar-refractivity contribution is -0.00216. The van der Waals surface area contributed by atoms with E-state index in [0.29, 0.717) is 5.92 Å². The summed E-state index contributed by atoms with van der Waals surface area (Å²) >= 11 is 0. The minimum Gasteiger partial charge on any atom is -0.390 e. The second-order valence-electron chi connectivity index (χ2n) is 3.84. The fourth-order valence-corrected chi connectivity index (χ4v) is 1.99. The molecule has 2 heteroatoms. The van der Waals surface area contributed by atoms with E-state index in [9.17, 15) is 5.11 Å². The third kappa shape index (κ3) is 1.57. The summed E-state index contributed by atoms with van der Waals surface area (Å²) in [4.78, 5) is 0. The molecule has 2 rings (SSSR count). The van der Waals surface area contributed by atoms with Gasteiger partial charge < -0.3 is 9.84 Å². The van der Waals surface area contributed by atoms with Crippen LogP contribution in [-0.2, 0) is 4.74 Å². The van der Waals surface area contributed by atoms with Crippen LogP contribution in [0.25, 0.3) is 0 Å². The zero-order valence-corrected chi connectivity index (χ0v) is 6.88. The number of rotatable bonds is 1. The van der Waals surface area contributed by atoms with E-state index in [2.05, 4.69) is 0 Å². The van der Waals surface area contributed by atoms with Crippen LogP contribution in [0.4, 0.5) is 0 Å². The van der Waals surface area contributed by atoms with Gasteiger partial charge in [0.15, 0.2) is 0 Å². The molecule has 0 amide bonds. The lowest BCUT2D eigenvalue weighted by Gasteiger charge is -2.25. The van der Waals surface area contributed by atoms with Gasteiger partial charge >= 0.3 is 0 Å². The normalized spacial score (nSPS) is 40.1. The van der Waals surface area contributed by atoms with E-state index in [1.54, 1.807) is 0 Å². The average molecular weight is 156 g/mol. The van der Waals surface area contributed by atoms with Crippen molar-refractivity contribution in [1.82, 2.24) is 0 Å². The molecule has 1 aliphatic carbocycles. The summed E-state index contributed by atoms with van der Waals surface area (Å²) in [5, 5.41) is 10.1. The third-order valence-electron chi connectivity index (χ3n) is 2.91. The molecule has 1 unspecified atom stereocenters. The number of aliphatic hydroxyl groups is 1. The Kier molecular flexibility index (Phi) is 1.90. The van der Waals surface area contributed by atoms with Gasteiger partial charge in [0, 0.05) is 13.2 Å². The average Bonchev–Trinajstić information content (AvgIpc) is 2.70. The van der Waals surface area contributed by atoms with Crippen LogP contribution in [-0.4, -0.2) is 23.9 Å². The van der Waals surface area contributed by atoms with Crippen LogP contribution in [0.1, 0.15) is 32.1 Å².